The van der Waals surface area contributed by atoms with E-state index in [1.54, 1.807) is 6.07 Å². The predicted octanol–water partition coefficient (Wildman–Crippen LogP) is 1.14. The Morgan fingerprint density at radius 3 is 3.00 bits per heavy atom. The molecule has 1 atom stereocenters. The number of nitrogens with two attached hydrogens (primary N) is 1. The molecule has 1 aromatic heterocycles. The Kier molecular flexibility index (Phi) is 1.70. The third-order valence-corrected chi connectivity index (χ3v) is 1.98. The minimum atomic E-state index is -0.442. The Morgan fingerprint density at radius 1 is 1.54 bits per heavy atom. The molecule has 2 rings (SSSR count). The quantitative estimate of drug-likeness (QED) is 0.687. The molecule has 0 spiro atoms. The Morgan fingerprint density at radius 2 is 2.31 bits per heavy atom. The van der Waals surface area contributed by atoms with Gasteiger partial charge in [0.25, 0.3) is 0 Å². The maximum atomic E-state index is 10.9. The first-order valence-electron chi connectivity index (χ1n) is 4.06. The van der Waals surface area contributed by atoms with Gasteiger partial charge in [-0.2, -0.15) is 0 Å². The van der Waals surface area contributed by atoms with Crippen LogP contribution in [-0.2, 0) is 0 Å². The lowest BCUT2D eigenvalue weighted by atomic mass is 10.1. The van der Waals surface area contributed by atoms with Gasteiger partial charge in [0.15, 0.2) is 5.58 Å². The molecule has 2 aromatic rings. The van der Waals surface area contributed by atoms with Crippen molar-refractivity contribution in [2.45, 2.75) is 13.0 Å². The molecule has 0 saturated carbocycles. The Hall–Kier alpha value is -1.55. The van der Waals surface area contributed by atoms with Crippen LogP contribution < -0.4 is 11.5 Å². The summed E-state index contributed by atoms with van der Waals surface area (Å²) in [6.07, 6.45) is 0. The Labute approximate surface area is 74.4 Å². The molecular weight excluding hydrogens is 168 g/mol. The van der Waals surface area contributed by atoms with E-state index in [2.05, 4.69) is 4.98 Å². The van der Waals surface area contributed by atoms with E-state index in [0.29, 0.717) is 11.1 Å². The fraction of sp³-hybridized carbons (Fsp3) is 0.222. The van der Waals surface area contributed by atoms with Crippen molar-refractivity contribution in [1.82, 2.24) is 4.98 Å². The fourth-order valence-corrected chi connectivity index (χ4v) is 1.37. The second-order valence-corrected chi connectivity index (χ2v) is 3.02. The summed E-state index contributed by atoms with van der Waals surface area (Å²) in [5, 5.41) is 0. The van der Waals surface area contributed by atoms with E-state index in [0.717, 1.165) is 5.56 Å². The van der Waals surface area contributed by atoms with Crippen molar-refractivity contribution in [2.75, 3.05) is 0 Å². The lowest BCUT2D eigenvalue weighted by molar-refractivity contribution is 0.555. The first-order chi connectivity index (χ1) is 6.18. The van der Waals surface area contributed by atoms with Crippen LogP contribution in [0.25, 0.3) is 11.1 Å². The van der Waals surface area contributed by atoms with Crippen LogP contribution in [0.3, 0.4) is 0 Å². The minimum absolute atomic E-state index is 0.114. The zero-order valence-electron chi connectivity index (χ0n) is 7.20. The maximum absolute atomic E-state index is 10.9. The van der Waals surface area contributed by atoms with Crippen molar-refractivity contribution in [2.24, 2.45) is 5.73 Å². The summed E-state index contributed by atoms with van der Waals surface area (Å²) in [7, 11) is 0. The topological polar surface area (TPSA) is 72.0 Å². The third-order valence-electron chi connectivity index (χ3n) is 1.98. The van der Waals surface area contributed by atoms with Gasteiger partial charge in [0.1, 0.15) is 0 Å². The van der Waals surface area contributed by atoms with Crippen LogP contribution in [0.5, 0.6) is 0 Å². The molecule has 0 bridgehead atoms. The fourth-order valence-electron chi connectivity index (χ4n) is 1.37. The van der Waals surface area contributed by atoms with Gasteiger partial charge in [-0.1, -0.05) is 12.1 Å². The largest absolute Gasteiger partial charge is 0.417 e. The number of hydrogen-bond acceptors (Lipinski definition) is 3. The average molecular weight is 178 g/mol. The normalized spacial score (nSPS) is 13.4. The highest BCUT2D eigenvalue weighted by molar-refractivity contribution is 5.76. The standard InChI is InChI=1S/C9H10N2O2/c1-5(10)6-3-2-4-7-8(6)11-9(12)13-7/h2-5H,10H2,1H3,(H,11,12). The number of rotatable bonds is 1. The number of hydrogen-bond donors (Lipinski definition) is 2. The van der Waals surface area contributed by atoms with Gasteiger partial charge in [-0.15, -0.1) is 0 Å². The van der Waals surface area contributed by atoms with Gasteiger partial charge in [0.2, 0.25) is 0 Å². The molecule has 1 unspecified atom stereocenters. The van der Waals surface area contributed by atoms with E-state index >= 15 is 0 Å². The number of para-hydroxylation sites is 1. The molecule has 0 radical (unpaired) electrons. The summed E-state index contributed by atoms with van der Waals surface area (Å²) >= 11 is 0. The van der Waals surface area contributed by atoms with Gasteiger partial charge in [0, 0.05) is 6.04 Å². The number of fused-ring (bicyclic) bond motifs is 1. The van der Waals surface area contributed by atoms with Crippen LogP contribution in [-0.4, -0.2) is 4.98 Å². The smallest absolute Gasteiger partial charge is 0.408 e. The van der Waals surface area contributed by atoms with Crippen LogP contribution in [0.2, 0.25) is 0 Å². The zero-order valence-corrected chi connectivity index (χ0v) is 7.20. The number of aromatic nitrogens is 1. The second kappa shape index (κ2) is 2.74. The number of benzene rings is 1. The summed E-state index contributed by atoms with van der Waals surface area (Å²) < 4.78 is 4.89. The lowest BCUT2D eigenvalue weighted by Crippen LogP contribution is -2.05. The highest BCUT2D eigenvalue weighted by Gasteiger charge is 2.08. The number of oxazole rings is 1. The molecule has 4 heteroatoms. The van der Waals surface area contributed by atoms with E-state index in [9.17, 15) is 4.79 Å². The monoisotopic (exact) mass is 178 g/mol. The molecule has 1 aromatic carbocycles. The van der Waals surface area contributed by atoms with Crippen molar-refractivity contribution in [1.29, 1.82) is 0 Å². The van der Waals surface area contributed by atoms with Gasteiger partial charge in [-0.3, -0.25) is 4.98 Å². The lowest BCUT2D eigenvalue weighted by Gasteiger charge is -2.04. The number of H-pyrrole nitrogens is 1. The van der Waals surface area contributed by atoms with E-state index in [1.165, 1.54) is 0 Å². The van der Waals surface area contributed by atoms with E-state index in [1.807, 2.05) is 19.1 Å². The van der Waals surface area contributed by atoms with Gasteiger partial charge < -0.3 is 10.2 Å². The predicted molar refractivity (Wildman–Crippen MR) is 49.4 cm³/mol. The van der Waals surface area contributed by atoms with Crippen molar-refractivity contribution in [3.05, 3.63) is 34.3 Å². The Bertz CT molecular complexity index is 482. The molecule has 68 valence electrons. The summed E-state index contributed by atoms with van der Waals surface area (Å²) in [6, 6.07) is 5.31. The zero-order chi connectivity index (χ0) is 9.42. The first-order valence-corrected chi connectivity index (χ1v) is 4.06. The molecule has 4 nitrogen and oxygen atoms in total. The molecule has 1 heterocycles. The van der Waals surface area contributed by atoms with Crippen molar-refractivity contribution in [3.63, 3.8) is 0 Å². The molecule has 0 aliphatic carbocycles. The molecule has 13 heavy (non-hydrogen) atoms. The first kappa shape index (κ1) is 8.07. The molecule has 0 amide bonds. The van der Waals surface area contributed by atoms with Gasteiger partial charge in [-0.05, 0) is 18.6 Å². The maximum Gasteiger partial charge on any atom is 0.417 e. The van der Waals surface area contributed by atoms with Crippen LogP contribution in [0.1, 0.15) is 18.5 Å². The highest BCUT2D eigenvalue weighted by Crippen LogP contribution is 2.19. The van der Waals surface area contributed by atoms with E-state index in [4.69, 9.17) is 10.2 Å². The molecule has 0 fully saturated rings. The van der Waals surface area contributed by atoms with Crippen LogP contribution in [0.4, 0.5) is 0 Å². The third kappa shape index (κ3) is 1.25. The summed E-state index contributed by atoms with van der Waals surface area (Å²) in [5.41, 5.74) is 7.87. The Balaban J connectivity index is 2.82. The molecule has 0 aliphatic rings. The van der Waals surface area contributed by atoms with Crippen LogP contribution in [0.15, 0.2) is 27.4 Å². The summed E-state index contributed by atoms with van der Waals surface area (Å²) in [4.78, 5) is 13.5. The average Bonchev–Trinajstić information content (AvgIpc) is 2.43. The second-order valence-electron chi connectivity index (χ2n) is 3.02. The summed E-state index contributed by atoms with van der Waals surface area (Å²) in [5.74, 6) is -0.442. The van der Waals surface area contributed by atoms with Crippen LogP contribution >= 0.6 is 0 Å². The molecule has 3 N–H and O–H groups in total. The minimum Gasteiger partial charge on any atom is -0.408 e. The molecule has 0 saturated heterocycles. The van der Waals surface area contributed by atoms with Crippen LogP contribution in [0, 0.1) is 0 Å². The van der Waals surface area contributed by atoms with E-state index < -0.39 is 5.76 Å². The van der Waals surface area contributed by atoms with Crippen molar-refractivity contribution >= 4 is 11.1 Å². The van der Waals surface area contributed by atoms with Gasteiger partial charge in [0.05, 0.1) is 5.52 Å². The SMILES string of the molecule is CC(N)c1cccc2oc(=O)[nH]c12. The summed E-state index contributed by atoms with van der Waals surface area (Å²) in [6.45, 7) is 1.86. The van der Waals surface area contributed by atoms with Crippen molar-refractivity contribution in [3.8, 4) is 0 Å². The highest BCUT2D eigenvalue weighted by atomic mass is 16.4. The molecule has 0 aliphatic heterocycles. The molecular formula is C9H10N2O2. The number of nitrogens with one attached hydrogen (secondary N) is 1. The van der Waals surface area contributed by atoms with Crippen molar-refractivity contribution < 1.29 is 4.42 Å². The van der Waals surface area contributed by atoms with Gasteiger partial charge in [-0.25, -0.2) is 4.79 Å². The van der Waals surface area contributed by atoms with E-state index in [-0.39, 0.29) is 6.04 Å². The van der Waals surface area contributed by atoms with Gasteiger partial charge >= 0.3 is 5.76 Å². The number of aromatic amines is 1.